The van der Waals surface area contributed by atoms with Crippen LogP contribution >= 0.6 is 0 Å². The van der Waals surface area contributed by atoms with Gasteiger partial charge >= 0.3 is 6.03 Å². The van der Waals surface area contributed by atoms with Crippen LogP contribution in [0.4, 0.5) is 10.5 Å². The van der Waals surface area contributed by atoms with Crippen LogP contribution in [0.1, 0.15) is 28.1 Å². The Balaban J connectivity index is 1.57. The molecule has 1 fully saturated rings. The Labute approximate surface area is 203 Å². The number of anilines is 1. The summed E-state index contributed by atoms with van der Waals surface area (Å²) in [6, 6.07) is 21.1. The number of aromatic nitrogens is 1. The van der Waals surface area contributed by atoms with Crippen LogP contribution in [0.3, 0.4) is 0 Å². The van der Waals surface area contributed by atoms with Gasteiger partial charge in [0.15, 0.2) is 0 Å². The number of nitrogens with zero attached hydrogens (tertiary/aromatic N) is 2. The minimum absolute atomic E-state index is 0.0810. The van der Waals surface area contributed by atoms with Gasteiger partial charge in [0.25, 0.3) is 11.8 Å². The zero-order valence-electron chi connectivity index (χ0n) is 20.0. The van der Waals surface area contributed by atoms with E-state index < -0.39 is 17.8 Å². The van der Waals surface area contributed by atoms with E-state index in [2.05, 4.69) is 40.2 Å². The maximum Gasteiger partial charge on any atom is 0.335 e. The predicted octanol–water partition coefficient (Wildman–Crippen LogP) is 5.53. The Kier molecular flexibility index (Phi) is 5.36. The number of carbonyl (C=O) groups is 3. The molecule has 1 aromatic heterocycles. The average molecular weight is 464 g/mol. The van der Waals surface area contributed by atoms with Crippen LogP contribution in [0.2, 0.25) is 0 Å². The molecule has 4 aromatic rings. The van der Waals surface area contributed by atoms with Crippen molar-refractivity contribution in [3.05, 3.63) is 100 Å². The molecular formula is C29H25N3O3. The van der Waals surface area contributed by atoms with Crippen LogP contribution in [-0.4, -0.2) is 22.4 Å². The van der Waals surface area contributed by atoms with Gasteiger partial charge in [-0.3, -0.25) is 14.9 Å². The molecule has 0 aliphatic carbocycles. The summed E-state index contributed by atoms with van der Waals surface area (Å²) >= 11 is 0. The SMILES string of the molecule is Cc1cc(C)cc(N2C(=O)NC(=O)/C(=C\c3cc(C)n(-c4ccc5ccccc5c4)c3C)C2=O)c1. The van der Waals surface area contributed by atoms with Crippen LogP contribution in [0.15, 0.2) is 72.3 Å². The van der Waals surface area contributed by atoms with Gasteiger partial charge in [-0.1, -0.05) is 36.4 Å². The Morgan fingerprint density at radius 3 is 2.14 bits per heavy atom. The summed E-state index contributed by atoms with van der Waals surface area (Å²) in [5, 5.41) is 4.59. The first-order valence-electron chi connectivity index (χ1n) is 11.4. The molecule has 6 heteroatoms. The number of aryl methyl sites for hydroxylation is 3. The molecule has 3 aromatic carbocycles. The van der Waals surface area contributed by atoms with Gasteiger partial charge in [-0.05, 0) is 91.6 Å². The van der Waals surface area contributed by atoms with Crippen LogP contribution in [0.25, 0.3) is 22.5 Å². The Morgan fingerprint density at radius 1 is 0.743 bits per heavy atom. The molecule has 1 saturated heterocycles. The summed E-state index contributed by atoms with van der Waals surface area (Å²) < 4.78 is 2.09. The summed E-state index contributed by atoms with van der Waals surface area (Å²) in [4.78, 5) is 39.7. The molecule has 0 unspecified atom stereocenters. The van der Waals surface area contributed by atoms with Crippen molar-refractivity contribution >= 4 is 40.4 Å². The monoisotopic (exact) mass is 463 g/mol. The molecule has 2 heterocycles. The molecule has 5 rings (SSSR count). The second-order valence-corrected chi connectivity index (χ2v) is 9.00. The molecule has 0 atom stereocenters. The molecule has 6 nitrogen and oxygen atoms in total. The predicted molar refractivity (Wildman–Crippen MR) is 138 cm³/mol. The molecule has 4 amide bonds. The second kappa shape index (κ2) is 8.40. The number of barbiturate groups is 1. The highest BCUT2D eigenvalue weighted by atomic mass is 16.2. The molecule has 0 saturated carbocycles. The van der Waals surface area contributed by atoms with E-state index in [0.717, 1.165) is 49.4 Å². The molecule has 1 N–H and O–H groups in total. The number of amides is 4. The summed E-state index contributed by atoms with van der Waals surface area (Å²) in [7, 11) is 0. The molecule has 35 heavy (non-hydrogen) atoms. The minimum Gasteiger partial charge on any atom is -0.318 e. The van der Waals surface area contributed by atoms with Crippen LogP contribution in [0, 0.1) is 27.7 Å². The highest BCUT2D eigenvalue weighted by Gasteiger charge is 2.37. The average Bonchev–Trinajstić information content (AvgIpc) is 3.08. The third kappa shape index (κ3) is 3.93. The Morgan fingerprint density at radius 2 is 1.43 bits per heavy atom. The quantitative estimate of drug-likeness (QED) is 0.321. The van der Waals surface area contributed by atoms with E-state index in [1.54, 1.807) is 18.2 Å². The summed E-state index contributed by atoms with van der Waals surface area (Å²) in [6.45, 7) is 7.73. The summed E-state index contributed by atoms with van der Waals surface area (Å²) in [5.74, 6) is -1.34. The van der Waals surface area contributed by atoms with Crippen LogP contribution in [-0.2, 0) is 9.59 Å². The van der Waals surface area contributed by atoms with Crippen molar-refractivity contribution in [2.24, 2.45) is 0 Å². The lowest BCUT2D eigenvalue weighted by Crippen LogP contribution is -2.54. The topological polar surface area (TPSA) is 71.4 Å². The minimum atomic E-state index is -0.746. The number of hydrogen-bond acceptors (Lipinski definition) is 3. The number of hydrogen-bond donors (Lipinski definition) is 1. The zero-order valence-corrected chi connectivity index (χ0v) is 20.0. The van der Waals surface area contributed by atoms with Crippen molar-refractivity contribution in [2.75, 3.05) is 4.90 Å². The first-order chi connectivity index (χ1) is 16.7. The second-order valence-electron chi connectivity index (χ2n) is 9.00. The van der Waals surface area contributed by atoms with Crippen LogP contribution in [0.5, 0.6) is 0 Å². The molecule has 0 spiro atoms. The fraction of sp³-hybridized carbons (Fsp3) is 0.138. The highest BCUT2D eigenvalue weighted by molar-refractivity contribution is 6.39. The van der Waals surface area contributed by atoms with Gasteiger partial charge in [-0.25, -0.2) is 9.69 Å². The first-order valence-corrected chi connectivity index (χ1v) is 11.4. The van der Waals surface area contributed by atoms with Gasteiger partial charge in [0, 0.05) is 17.1 Å². The fourth-order valence-corrected chi connectivity index (χ4v) is 4.77. The van der Waals surface area contributed by atoms with E-state index >= 15 is 0 Å². The highest BCUT2D eigenvalue weighted by Crippen LogP contribution is 2.28. The van der Waals surface area contributed by atoms with Gasteiger partial charge in [0.2, 0.25) is 0 Å². The number of imide groups is 2. The van der Waals surface area contributed by atoms with Crippen molar-refractivity contribution in [3.63, 3.8) is 0 Å². The summed E-state index contributed by atoms with van der Waals surface area (Å²) in [5.41, 5.74) is 5.78. The lowest BCUT2D eigenvalue weighted by Gasteiger charge is -2.27. The smallest absolute Gasteiger partial charge is 0.318 e. The van der Waals surface area contributed by atoms with E-state index in [9.17, 15) is 14.4 Å². The Bertz CT molecular complexity index is 1560. The molecule has 1 aliphatic rings. The number of fused-ring (bicyclic) bond motifs is 1. The van der Waals surface area contributed by atoms with E-state index in [0.29, 0.717) is 5.69 Å². The van der Waals surface area contributed by atoms with Gasteiger partial charge < -0.3 is 4.57 Å². The molecule has 174 valence electrons. The van der Waals surface area contributed by atoms with Gasteiger partial charge in [-0.2, -0.15) is 0 Å². The van der Waals surface area contributed by atoms with Gasteiger partial charge in [-0.15, -0.1) is 0 Å². The van der Waals surface area contributed by atoms with Crippen molar-refractivity contribution in [1.29, 1.82) is 0 Å². The number of carbonyl (C=O) groups excluding carboxylic acids is 3. The van der Waals surface area contributed by atoms with E-state index in [1.807, 2.05) is 52.0 Å². The van der Waals surface area contributed by atoms with Gasteiger partial charge in [0.05, 0.1) is 5.69 Å². The largest absolute Gasteiger partial charge is 0.335 e. The van der Waals surface area contributed by atoms with Crippen molar-refractivity contribution in [3.8, 4) is 5.69 Å². The van der Waals surface area contributed by atoms with E-state index in [1.165, 1.54) is 0 Å². The number of benzene rings is 3. The molecule has 0 radical (unpaired) electrons. The lowest BCUT2D eigenvalue weighted by molar-refractivity contribution is -0.122. The maximum absolute atomic E-state index is 13.4. The number of rotatable bonds is 3. The van der Waals surface area contributed by atoms with Crippen molar-refractivity contribution in [1.82, 2.24) is 9.88 Å². The first kappa shape index (κ1) is 22.3. The summed E-state index contributed by atoms with van der Waals surface area (Å²) in [6.07, 6.45) is 1.57. The zero-order chi connectivity index (χ0) is 24.9. The Hall–Kier alpha value is -4.45. The standard InChI is InChI=1S/C29H25N3O3/c1-17-11-18(2)13-25(12-17)32-28(34)26(27(33)30-29(32)35)16-23-14-19(3)31(20(23)4)24-10-9-21-7-5-6-8-22(21)15-24/h5-16H,1-4H3,(H,30,33,35)/b26-16+. The number of nitrogens with one attached hydrogen (secondary N) is 1. The van der Waals surface area contributed by atoms with Crippen molar-refractivity contribution in [2.45, 2.75) is 27.7 Å². The molecule has 1 aliphatic heterocycles. The maximum atomic E-state index is 13.4. The normalized spacial score (nSPS) is 15.3. The van der Waals surface area contributed by atoms with Crippen molar-refractivity contribution < 1.29 is 14.4 Å². The van der Waals surface area contributed by atoms with E-state index in [-0.39, 0.29) is 5.57 Å². The molecular weight excluding hydrogens is 438 g/mol. The fourth-order valence-electron chi connectivity index (χ4n) is 4.77. The third-order valence-electron chi connectivity index (χ3n) is 6.33. The number of urea groups is 1. The van der Waals surface area contributed by atoms with E-state index in [4.69, 9.17) is 0 Å². The molecule has 0 bridgehead atoms. The third-order valence-corrected chi connectivity index (χ3v) is 6.33. The lowest BCUT2D eigenvalue weighted by atomic mass is 10.1. The van der Waals surface area contributed by atoms with Crippen LogP contribution < -0.4 is 10.2 Å². The van der Waals surface area contributed by atoms with Gasteiger partial charge in [0.1, 0.15) is 5.57 Å².